The van der Waals surface area contributed by atoms with Gasteiger partial charge in [-0.25, -0.2) is 18.4 Å². The molecule has 1 saturated carbocycles. The predicted molar refractivity (Wildman–Crippen MR) is 200 cm³/mol. The molecule has 3 fully saturated rings. The number of likely N-dealkylation sites (N-methyl/N-ethyl adjacent to an activating group) is 1. The average Bonchev–Trinajstić information content (AvgIpc) is 3.54. The van der Waals surface area contributed by atoms with Crippen LogP contribution in [0.15, 0.2) is 36.9 Å². The largest absolute Gasteiger partial charge is 0.474 e. The molecule has 1 N–H and O–H groups in total. The van der Waals surface area contributed by atoms with Crippen molar-refractivity contribution in [1.82, 2.24) is 34.6 Å². The number of nitrogens with one attached hydrogen (secondary N) is 1. The first-order valence-corrected chi connectivity index (χ1v) is 19.8. The number of aryl methyl sites for hydroxylation is 1. The second-order valence-electron chi connectivity index (χ2n) is 14.0. The second-order valence-corrected chi connectivity index (χ2v) is 15.8. The standard InChI is InChI=1S/C34H46N12O6S/c1-23(29-22-38-42(3)33(29)46(47)48)45(53(4,49)50)25-17-28-30(35-19-25)18-31(44-13-15-51-16-14-44)40-32(28)52-27-7-5-24(6-8-27)39-34-36-20-26(21-37-34)43-11-9-41(2)10-12-43/h17-24,27H,5-16H2,1-4H3,(H,36,37,39). The van der Waals surface area contributed by atoms with E-state index < -0.39 is 21.0 Å². The fourth-order valence-corrected chi connectivity index (χ4v) is 8.49. The molecule has 7 rings (SSSR count). The Morgan fingerprint density at radius 1 is 0.962 bits per heavy atom. The van der Waals surface area contributed by atoms with Crippen LogP contribution in [0.4, 0.5) is 29.0 Å². The van der Waals surface area contributed by atoms with Gasteiger partial charge in [0.1, 0.15) is 19.0 Å². The molecule has 1 atom stereocenters. The molecule has 6 heterocycles. The van der Waals surface area contributed by atoms with Gasteiger partial charge >= 0.3 is 5.82 Å². The van der Waals surface area contributed by atoms with Crippen LogP contribution in [0.3, 0.4) is 0 Å². The van der Waals surface area contributed by atoms with E-state index in [9.17, 15) is 18.5 Å². The molecule has 19 heteroatoms. The minimum Gasteiger partial charge on any atom is -0.474 e. The maximum absolute atomic E-state index is 13.3. The number of hydrogen-bond acceptors (Lipinski definition) is 15. The van der Waals surface area contributed by atoms with Gasteiger partial charge in [0.15, 0.2) is 0 Å². The Hall–Kier alpha value is -4.88. The molecule has 0 aromatic carbocycles. The Morgan fingerprint density at radius 3 is 2.32 bits per heavy atom. The van der Waals surface area contributed by atoms with E-state index in [-0.39, 0.29) is 29.2 Å². The molecule has 0 radical (unpaired) electrons. The molecular formula is C34H46N12O6S. The zero-order chi connectivity index (χ0) is 37.3. The smallest absolute Gasteiger partial charge is 0.349 e. The van der Waals surface area contributed by atoms with E-state index >= 15 is 0 Å². The van der Waals surface area contributed by atoms with Gasteiger partial charge in [0.05, 0.1) is 78.1 Å². The van der Waals surface area contributed by atoms with Crippen molar-refractivity contribution in [3.8, 4) is 5.88 Å². The first-order valence-electron chi connectivity index (χ1n) is 17.9. The number of fused-ring (bicyclic) bond motifs is 1. The highest BCUT2D eigenvalue weighted by Gasteiger charge is 2.34. The molecule has 1 aliphatic carbocycles. The van der Waals surface area contributed by atoms with Crippen LogP contribution in [0.2, 0.25) is 0 Å². The molecule has 4 aromatic heterocycles. The van der Waals surface area contributed by atoms with Crippen molar-refractivity contribution < 1.29 is 22.8 Å². The highest BCUT2D eigenvalue weighted by atomic mass is 32.2. The molecule has 1 unspecified atom stereocenters. The lowest BCUT2D eigenvalue weighted by Gasteiger charge is -2.33. The lowest BCUT2D eigenvalue weighted by Crippen LogP contribution is -2.44. The van der Waals surface area contributed by atoms with E-state index in [4.69, 9.17) is 19.4 Å². The first kappa shape index (κ1) is 36.5. The van der Waals surface area contributed by atoms with Gasteiger partial charge in [-0.05, 0) is 50.6 Å². The number of sulfonamides is 1. The average molecular weight is 751 g/mol. The summed E-state index contributed by atoms with van der Waals surface area (Å²) in [5.74, 6) is 1.37. The maximum Gasteiger partial charge on any atom is 0.349 e. The quantitative estimate of drug-likeness (QED) is 0.174. The van der Waals surface area contributed by atoms with Crippen LogP contribution in [0.25, 0.3) is 10.9 Å². The lowest BCUT2D eigenvalue weighted by atomic mass is 9.93. The SMILES string of the molecule is CC(c1cnn(C)c1[N+](=O)[O-])N(c1cnc2cc(N3CCOCC3)nc(OC3CCC(Nc4ncc(N5CCN(C)CC5)cn4)CC3)c2c1)S(C)(=O)=O. The summed E-state index contributed by atoms with van der Waals surface area (Å²) in [5, 5.41) is 20.0. The summed E-state index contributed by atoms with van der Waals surface area (Å²) >= 11 is 0. The topological polar surface area (TPSA) is 190 Å². The Morgan fingerprint density at radius 2 is 1.66 bits per heavy atom. The number of hydrogen-bond donors (Lipinski definition) is 1. The molecule has 0 amide bonds. The van der Waals surface area contributed by atoms with Crippen molar-refractivity contribution >= 4 is 49.9 Å². The molecule has 2 aliphatic heterocycles. The summed E-state index contributed by atoms with van der Waals surface area (Å²) in [6.07, 6.45) is 10.7. The summed E-state index contributed by atoms with van der Waals surface area (Å²) in [5.41, 5.74) is 2.00. The van der Waals surface area contributed by atoms with Crippen molar-refractivity contribution in [3.05, 3.63) is 52.6 Å². The highest BCUT2D eigenvalue weighted by molar-refractivity contribution is 7.92. The zero-order valence-electron chi connectivity index (χ0n) is 30.5. The normalized spacial score (nSPS) is 20.7. The van der Waals surface area contributed by atoms with Gasteiger partial charge < -0.3 is 39.6 Å². The van der Waals surface area contributed by atoms with E-state index in [0.29, 0.717) is 54.9 Å². The van der Waals surface area contributed by atoms with Gasteiger partial charge in [-0.3, -0.25) is 9.29 Å². The van der Waals surface area contributed by atoms with Gasteiger partial charge in [-0.1, -0.05) is 5.10 Å². The van der Waals surface area contributed by atoms with Crippen LogP contribution in [-0.4, -0.2) is 126 Å². The van der Waals surface area contributed by atoms with E-state index in [1.807, 2.05) is 18.5 Å². The van der Waals surface area contributed by atoms with Crippen LogP contribution in [0.1, 0.15) is 44.2 Å². The fraction of sp³-hybridized carbons (Fsp3) is 0.559. The number of pyridine rings is 2. The van der Waals surface area contributed by atoms with E-state index in [0.717, 1.165) is 72.8 Å². The summed E-state index contributed by atoms with van der Waals surface area (Å²) in [4.78, 5) is 36.9. The Kier molecular flexibility index (Phi) is 10.5. The fourth-order valence-electron chi connectivity index (χ4n) is 7.32. The Balaban J connectivity index is 1.11. The molecule has 0 bridgehead atoms. The summed E-state index contributed by atoms with van der Waals surface area (Å²) in [6.45, 7) is 8.01. The van der Waals surface area contributed by atoms with Gasteiger partial charge in [0, 0.05) is 51.4 Å². The van der Waals surface area contributed by atoms with Crippen molar-refractivity contribution in [1.29, 1.82) is 0 Å². The minimum atomic E-state index is -3.95. The zero-order valence-corrected chi connectivity index (χ0v) is 31.3. The van der Waals surface area contributed by atoms with Crippen LogP contribution in [-0.2, 0) is 21.8 Å². The number of ether oxygens (including phenoxy) is 2. The van der Waals surface area contributed by atoms with Crippen LogP contribution in [0.5, 0.6) is 5.88 Å². The van der Waals surface area contributed by atoms with E-state index in [2.05, 4.69) is 42.1 Å². The third-order valence-corrected chi connectivity index (χ3v) is 11.5. The number of nitrogens with zero attached hydrogens (tertiary/aromatic N) is 11. The van der Waals surface area contributed by atoms with Crippen molar-refractivity contribution in [2.24, 2.45) is 7.05 Å². The van der Waals surface area contributed by atoms with E-state index in [1.54, 1.807) is 13.0 Å². The van der Waals surface area contributed by atoms with Gasteiger partial charge in [-0.2, -0.15) is 4.98 Å². The molecule has 4 aromatic rings. The molecule has 53 heavy (non-hydrogen) atoms. The molecular weight excluding hydrogens is 705 g/mol. The van der Waals surface area contributed by atoms with Crippen LogP contribution in [0, 0.1) is 10.1 Å². The van der Waals surface area contributed by atoms with Gasteiger partial charge in [0.25, 0.3) is 0 Å². The first-order chi connectivity index (χ1) is 25.4. The number of piperazine rings is 1. The molecule has 18 nitrogen and oxygen atoms in total. The lowest BCUT2D eigenvalue weighted by molar-refractivity contribution is -0.393. The molecule has 0 spiro atoms. The minimum absolute atomic E-state index is 0.143. The molecule has 3 aliphatic rings. The van der Waals surface area contributed by atoms with Crippen molar-refractivity contribution in [2.75, 3.05) is 85.2 Å². The monoisotopic (exact) mass is 750 g/mol. The van der Waals surface area contributed by atoms with Crippen LogP contribution < -0.4 is 24.2 Å². The molecule has 2 saturated heterocycles. The predicted octanol–water partition coefficient (Wildman–Crippen LogP) is 2.98. The number of anilines is 4. The number of nitro groups is 1. The Bertz CT molecular complexity index is 2030. The molecule has 284 valence electrons. The van der Waals surface area contributed by atoms with E-state index in [1.165, 1.54) is 19.4 Å². The Labute approximate surface area is 308 Å². The number of morpholine rings is 1. The highest BCUT2D eigenvalue weighted by Crippen LogP contribution is 2.38. The number of rotatable bonds is 11. The van der Waals surface area contributed by atoms with Gasteiger partial charge in [-0.15, -0.1) is 4.68 Å². The summed E-state index contributed by atoms with van der Waals surface area (Å²) < 4.78 is 41.1. The summed E-state index contributed by atoms with van der Waals surface area (Å²) in [6, 6.07) is 2.78. The van der Waals surface area contributed by atoms with Crippen LogP contribution >= 0.6 is 0 Å². The second kappa shape index (κ2) is 15.2. The summed E-state index contributed by atoms with van der Waals surface area (Å²) in [7, 11) is -0.366. The van der Waals surface area contributed by atoms with Gasteiger partial charge in [0.2, 0.25) is 21.9 Å². The van der Waals surface area contributed by atoms with Crippen molar-refractivity contribution in [2.45, 2.75) is 50.8 Å². The third kappa shape index (κ3) is 8.06. The number of aromatic nitrogens is 6. The van der Waals surface area contributed by atoms with Crippen molar-refractivity contribution in [3.63, 3.8) is 0 Å². The maximum atomic E-state index is 13.3. The third-order valence-electron chi connectivity index (χ3n) is 10.3.